The number of ether oxygens (including phenoxy) is 1. The summed E-state index contributed by atoms with van der Waals surface area (Å²) in [7, 11) is 1.75. The predicted molar refractivity (Wildman–Crippen MR) is 46.7 cm³/mol. The van der Waals surface area contributed by atoms with Gasteiger partial charge in [-0.2, -0.15) is 0 Å². The van der Waals surface area contributed by atoms with E-state index in [1.807, 2.05) is 0 Å². The Morgan fingerprint density at radius 1 is 1.36 bits per heavy atom. The first-order valence-corrected chi connectivity index (χ1v) is 4.63. The molecule has 2 nitrogen and oxygen atoms in total. The SMILES string of the molecule is COCCCNCCC1CC1. The van der Waals surface area contributed by atoms with E-state index in [2.05, 4.69) is 5.32 Å². The topological polar surface area (TPSA) is 21.3 Å². The second kappa shape index (κ2) is 5.56. The van der Waals surface area contributed by atoms with Crippen LogP contribution in [0.25, 0.3) is 0 Å². The minimum absolute atomic E-state index is 0.885. The summed E-state index contributed by atoms with van der Waals surface area (Å²) in [5.41, 5.74) is 0. The molecule has 0 aromatic heterocycles. The lowest BCUT2D eigenvalue weighted by Gasteiger charge is -2.02. The fraction of sp³-hybridized carbons (Fsp3) is 1.00. The van der Waals surface area contributed by atoms with Crippen molar-refractivity contribution < 1.29 is 4.74 Å². The first-order chi connectivity index (χ1) is 5.43. The molecule has 1 rings (SSSR count). The molecule has 66 valence electrons. The van der Waals surface area contributed by atoms with Gasteiger partial charge in [-0.05, 0) is 31.8 Å². The van der Waals surface area contributed by atoms with Crippen LogP contribution in [0.5, 0.6) is 0 Å². The van der Waals surface area contributed by atoms with Crippen LogP contribution in [0.15, 0.2) is 0 Å². The highest BCUT2D eigenvalue weighted by Gasteiger charge is 2.19. The van der Waals surface area contributed by atoms with Crippen LogP contribution in [0.3, 0.4) is 0 Å². The van der Waals surface area contributed by atoms with Crippen LogP contribution in [-0.2, 0) is 4.74 Å². The molecule has 1 saturated carbocycles. The van der Waals surface area contributed by atoms with Crippen molar-refractivity contribution in [2.75, 3.05) is 26.8 Å². The zero-order valence-corrected chi connectivity index (χ0v) is 7.44. The molecule has 1 fully saturated rings. The highest BCUT2D eigenvalue weighted by Crippen LogP contribution is 2.31. The molecular weight excluding hydrogens is 138 g/mol. The number of hydrogen-bond donors (Lipinski definition) is 1. The van der Waals surface area contributed by atoms with Crippen molar-refractivity contribution in [3.63, 3.8) is 0 Å². The average molecular weight is 157 g/mol. The summed E-state index contributed by atoms with van der Waals surface area (Å²) < 4.78 is 4.94. The summed E-state index contributed by atoms with van der Waals surface area (Å²) in [6.45, 7) is 3.20. The normalized spacial score (nSPS) is 17.2. The lowest BCUT2D eigenvalue weighted by molar-refractivity contribution is 0.194. The van der Waals surface area contributed by atoms with Crippen molar-refractivity contribution in [1.82, 2.24) is 5.32 Å². The van der Waals surface area contributed by atoms with Crippen LogP contribution in [0.2, 0.25) is 0 Å². The van der Waals surface area contributed by atoms with E-state index < -0.39 is 0 Å². The largest absolute Gasteiger partial charge is 0.385 e. The maximum atomic E-state index is 4.94. The Balaban J connectivity index is 1.66. The number of nitrogens with one attached hydrogen (secondary N) is 1. The van der Waals surface area contributed by atoms with Crippen LogP contribution in [0.4, 0.5) is 0 Å². The minimum atomic E-state index is 0.885. The molecule has 0 unspecified atom stereocenters. The molecule has 0 aliphatic heterocycles. The van der Waals surface area contributed by atoms with Gasteiger partial charge in [-0.15, -0.1) is 0 Å². The molecule has 0 bridgehead atoms. The fourth-order valence-electron chi connectivity index (χ4n) is 1.18. The Labute approximate surface area is 69.3 Å². The van der Waals surface area contributed by atoms with Crippen molar-refractivity contribution in [3.8, 4) is 0 Å². The maximum Gasteiger partial charge on any atom is 0.0474 e. The molecule has 0 spiro atoms. The van der Waals surface area contributed by atoms with Gasteiger partial charge in [0.05, 0.1) is 0 Å². The number of hydrogen-bond acceptors (Lipinski definition) is 2. The van der Waals surface area contributed by atoms with Crippen molar-refractivity contribution >= 4 is 0 Å². The van der Waals surface area contributed by atoms with Crippen molar-refractivity contribution in [2.24, 2.45) is 5.92 Å². The molecule has 11 heavy (non-hydrogen) atoms. The van der Waals surface area contributed by atoms with Crippen molar-refractivity contribution in [3.05, 3.63) is 0 Å². The second-order valence-corrected chi connectivity index (χ2v) is 3.33. The highest BCUT2D eigenvalue weighted by molar-refractivity contribution is 4.73. The molecule has 0 heterocycles. The fourth-order valence-corrected chi connectivity index (χ4v) is 1.18. The van der Waals surface area contributed by atoms with Gasteiger partial charge in [0.25, 0.3) is 0 Å². The molecular formula is C9H19NO. The quantitative estimate of drug-likeness (QED) is 0.564. The zero-order valence-electron chi connectivity index (χ0n) is 7.44. The van der Waals surface area contributed by atoms with Crippen LogP contribution in [0.1, 0.15) is 25.7 Å². The molecule has 0 amide bonds. The van der Waals surface area contributed by atoms with E-state index in [4.69, 9.17) is 4.74 Å². The van der Waals surface area contributed by atoms with Gasteiger partial charge < -0.3 is 10.1 Å². The Kier molecular flexibility index (Phi) is 4.55. The minimum Gasteiger partial charge on any atom is -0.385 e. The smallest absolute Gasteiger partial charge is 0.0474 e. The second-order valence-electron chi connectivity index (χ2n) is 3.33. The first kappa shape index (κ1) is 9.01. The number of methoxy groups -OCH3 is 1. The van der Waals surface area contributed by atoms with Crippen molar-refractivity contribution in [1.29, 1.82) is 0 Å². The molecule has 0 radical (unpaired) electrons. The highest BCUT2D eigenvalue weighted by atomic mass is 16.5. The van der Waals surface area contributed by atoms with Crippen LogP contribution in [-0.4, -0.2) is 26.8 Å². The van der Waals surface area contributed by atoms with Crippen LogP contribution >= 0.6 is 0 Å². The molecule has 1 N–H and O–H groups in total. The van der Waals surface area contributed by atoms with Gasteiger partial charge in [0.1, 0.15) is 0 Å². The summed E-state index contributed by atoms with van der Waals surface area (Å²) in [5, 5.41) is 3.41. The predicted octanol–water partition coefficient (Wildman–Crippen LogP) is 1.41. The third kappa shape index (κ3) is 5.22. The van der Waals surface area contributed by atoms with E-state index in [9.17, 15) is 0 Å². The van der Waals surface area contributed by atoms with Gasteiger partial charge in [0, 0.05) is 13.7 Å². The van der Waals surface area contributed by atoms with E-state index in [1.165, 1.54) is 25.8 Å². The molecule has 2 heteroatoms. The monoisotopic (exact) mass is 157 g/mol. The third-order valence-corrected chi connectivity index (χ3v) is 2.13. The van der Waals surface area contributed by atoms with Gasteiger partial charge >= 0.3 is 0 Å². The molecule has 0 atom stereocenters. The standard InChI is InChI=1S/C9H19NO/c1-11-8-2-6-10-7-5-9-3-4-9/h9-10H,2-8H2,1H3. The number of rotatable bonds is 7. The van der Waals surface area contributed by atoms with E-state index in [1.54, 1.807) is 7.11 Å². The molecule has 0 aromatic carbocycles. The van der Waals surface area contributed by atoms with E-state index in [0.29, 0.717) is 0 Å². The van der Waals surface area contributed by atoms with Crippen LogP contribution in [0, 0.1) is 5.92 Å². The summed E-state index contributed by atoms with van der Waals surface area (Å²) in [5.74, 6) is 1.06. The van der Waals surface area contributed by atoms with E-state index in [0.717, 1.165) is 25.5 Å². The average Bonchev–Trinajstić information content (AvgIpc) is 2.80. The van der Waals surface area contributed by atoms with Crippen molar-refractivity contribution in [2.45, 2.75) is 25.7 Å². The Morgan fingerprint density at radius 3 is 2.82 bits per heavy atom. The van der Waals surface area contributed by atoms with Gasteiger partial charge in [0.15, 0.2) is 0 Å². The first-order valence-electron chi connectivity index (χ1n) is 4.63. The maximum absolute atomic E-state index is 4.94. The zero-order chi connectivity index (χ0) is 7.94. The molecule has 0 aromatic rings. The lowest BCUT2D eigenvalue weighted by atomic mass is 10.3. The molecule has 0 saturated heterocycles. The summed E-state index contributed by atoms with van der Waals surface area (Å²) in [6.07, 6.45) is 5.47. The van der Waals surface area contributed by atoms with Gasteiger partial charge in [-0.3, -0.25) is 0 Å². The third-order valence-electron chi connectivity index (χ3n) is 2.13. The Bertz CT molecular complexity index is 91.6. The molecule has 1 aliphatic carbocycles. The molecule has 1 aliphatic rings. The summed E-state index contributed by atoms with van der Waals surface area (Å²) >= 11 is 0. The van der Waals surface area contributed by atoms with Gasteiger partial charge in [-0.1, -0.05) is 12.8 Å². The lowest BCUT2D eigenvalue weighted by Crippen LogP contribution is -2.18. The Hall–Kier alpha value is -0.0800. The summed E-state index contributed by atoms with van der Waals surface area (Å²) in [6, 6.07) is 0. The van der Waals surface area contributed by atoms with E-state index in [-0.39, 0.29) is 0 Å². The van der Waals surface area contributed by atoms with Crippen LogP contribution < -0.4 is 5.32 Å². The van der Waals surface area contributed by atoms with Gasteiger partial charge in [-0.25, -0.2) is 0 Å². The summed E-state index contributed by atoms with van der Waals surface area (Å²) in [4.78, 5) is 0. The Morgan fingerprint density at radius 2 is 2.18 bits per heavy atom. The van der Waals surface area contributed by atoms with Gasteiger partial charge in [0.2, 0.25) is 0 Å². The van der Waals surface area contributed by atoms with E-state index >= 15 is 0 Å².